The molecule has 0 saturated heterocycles. The maximum atomic E-state index is 11.4. The Morgan fingerprint density at radius 1 is 0.645 bits per heavy atom. The summed E-state index contributed by atoms with van der Waals surface area (Å²) in [5, 5.41) is 7.42. The van der Waals surface area contributed by atoms with E-state index in [2.05, 4.69) is 13.8 Å². The smallest absolute Gasteiger partial charge is 0.373 e. The van der Waals surface area contributed by atoms with Crippen LogP contribution in [0.4, 0.5) is 0 Å². The van der Waals surface area contributed by atoms with Crippen molar-refractivity contribution >= 4 is 18.1 Å². The van der Waals surface area contributed by atoms with Gasteiger partial charge in [0.2, 0.25) is 0 Å². The molecular weight excluding hydrogens is 396 g/mol. The number of carboxylic acids is 1. The fourth-order valence-electron chi connectivity index (χ4n) is 3.04. The highest BCUT2D eigenvalue weighted by Crippen LogP contribution is 2.13. The molecule has 1 N–H and O–H groups in total. The molecule has 6 nitrogen and oxygen atoms in total. The van der Waals surface area contributed by atoms with Crippen molar-refractivity contribution in [3.63, 3.8) is 0 Å². The van der Waals surface area contributed by atoms with E-state index in [-0.39, 0.29) is 12.1 Å². The largest absolute Gasteiger partial charge is 0.481 e. The third kappa shape index (κ3) is 47.5. The van der Waals surface area contributed by atoms with Crippen LogP contribution in [0.2, 0.25) is 0 Å². The molecule has 0 atom stereocenters. The van der Waals surface area contributed by atoms with Crippen LogP contribution in [0.25, 0.3) is 0 Å². The third-order valence-corrected chi connectivity index (χ3v) is 4.75. The molecule has 0 radical (unpaired) electrons. The lowest BCUT2D eigenvalue weighted by Gasteiger charge is -2.04. The van der Waals surface area contributed by atoms with E-state index in [4.69, 9.17) is 24.2 Å². The minimum Gasteiger partial charge on any atom is -0.481 e. The molecule has 0 heterocycles. The van der Waals surface area contributed by atoms with E-state index in [1.54, 1.807) is 0 Å². The lowest BCUT2D eigenvalue weighted by Crippen LogP contribution is -2.05. The van der Waals surface area contributed by atoms with Crippen LogP contribution in [-0.2, 0) is 23.9 Å². The molecule has 0 bridgehead atoms. The van der Waals surface area contributed by atoms with Crippen molar-refractivity contribution in [3.8, 4) is 0 Å². The van der Waals surface area contributed by atoms with Gasteiger partial charge < -0.3 is 9.84 Å². The predicted molar refractivity (Wildman–Crippen MR) is 124 cm³/mol. The molecule has 0 aliphatic carbocycles. The van der Waals surface area contributed by atoms with Gasteiger partial charge in [-0.2, -0.15) is 9.59 Å². The zero-order valence-electron chi connectivity index (χ0n) is 20.4. The van der Waals surface area contributed by atoms with Crippen LogP contribution in [0.1, 0.15) is 136 Å². The van der Waals surface area contributed by atoms with E-state index < -0.39 is 5.97 Å². The second-order valence-corrected chi connectivity index (χ2v) is 7.88. The van der Waals surface area contributed by atoms with Crippen molar-refractivity contribution in [2.24, 2.45) is 0 Å². The number of unbranched alkanes of at least 4 members (excludes halogenated alkanes) is 15. The molecule has 0 unspecified atom stereocenters. The summed E-state index contributed by atoms with van der Waals surface area (Å²) in [6.07, 6.45) is 23.3. The Morgan fingerprint density at radius 2 is 0.935 bits per heavy atom. The van der Waals surface area contributed by atoms with E-state index >= 15 is 0 Å². The molecule has 0 aromatic heterocycles. The minimum absolute atomic E-state index is 0.00172. The zero-order valence-corrected chi connectivity index (χ0v) is 20.4. The van der Waals surface area contributed by atoms with Gasteiger partial charge in [-0.25, -0.2) is 0 Å². The van der Waals surface area contributed by atoms with E-state index in [0.29, 0.717) is 13.0 Å². The number of ether oxygens (including phenoxy) is 1. The lowest BCUT2D eigenvalue weighted by atomic mass is 10.0. The zero-order chi connectivity index (χ0) is 24.0. The number of carbonyl (C=O) groups excluding carboxylic acids is 3. The molecule has 0 aliphatic heterocycles. The molecule has 0 fully saturated rings. The van der Waals surface area contributed by atoms with Gasteiger partial charge in [0.15, 0.2) is 0 Å². The second kappa shape index (κ2) is 33.0. The Labute approximate surface area is 190 Å². The van der Waals surface area contributed by atoms with Crippen LogP contribution in [0.3, 0.4) is 0 Å². The van der Waals surface area contributed by atoms with Crippen LogP contribution in [0.15, 0.2) is 0 Å². The molecule has 0 spiro atoms. The fourth-order valence-corrected chi connectivity index (χ4v) is 3.04. The number of hydrogen-bond acceptors (Lipinski definition) is 5. The van der Waals surface area contributed by atoms with Gasteiger partial charge in [0.25, 0.3) is 5.97 Å². The van der Waals surface area contributed by atoms with Crippen LogP contribution in [0, 0.1) is 0 Å². The lowest BCUT2D eigenvalue weighted by molar-refractivity contribution is -0.191. The highest BCUT2D eigenvalue weighted by Gasteiger charge is 2.01. The number of carboxylic acid groups (broad SMARTS) is 1. The minimum atomic E-state index is -0.833. The average molecular weight is 445 g/mol. The van der Waals surface area contributed by atoms with Crippen LogP contribution in [0.5, 0.6) is 0 Å². The quantitative estimate of drug-likeness (QED) is 0.168. The molecule has 0 saturated carbocycles. The summed E-state index contributed by atoms with van der Waals surface area (Å²) in [4.78, 5) is 36.7. The molecule has 184 valence electrons. The van der Waals surface area contributed by atoms with Gasteiger partial charge in [-0.05, 0) is 12.8 Å². The van der Waals surface area contributed by atoms with Crippen LogP contribution >= 0.6 is 0 Å². The summed E-state index contributed by atoms with van der Waals surface area (Å²) in [6, 6.07) is 0. The van der Waals surface area contributed by atoms with Crippen molar-refractivity contribution < 1.29 is 29.0 Å². The fraction of sp³-hybridized carbons (Fsp3) is 0.880. The first-order valence-corrected chi connectivity index (χ1v) is 12.3. The molecule has 0 aromatic carbocycles. The summed E-state index contributed by atoms with van der Waals surface area (Å²) in [6.45, 7) is 6.08. The molecule has 0 aliphatic rings. The maximum Gasteiger partial charge on any atom is 0.373 e. The number of rotatable bonds is 19. The molecule has 0 rings (SSSR count). The Bertz CT molecular complexity index is 399. The van der Waals surface area contributed by atoms with E-state index in [9.17, 15) is 4.79 Å². The van der Waals surface area contributed by atoms with Gasteiger partial charge in [0, 0.05) is 13.3 Å². The summed E-state index contributed by atoms with van der Waals surface area (Å²) >= 11 is 0. The highest BCUT2D eigenvalue weighted by atomic mass is 16.5. The second-order valence-electron chi connectivity index (χ2n) is 7.88. The van der Waals surface area contributed by atoms with Gasteiger partial charge in [0.05, 0.1) is 6.61 Å². The van der Waals surface area contributed by atoms with Crippen molar-refractivity contribution in [2.75, 3.05) is 6.61 Å². The van der Waals surface area contributed by atoms with Gasteiger partial charge in [0.1, 0.15) is 0 Å². The van der Waals surface area contributed by atoms with E-state index in [1.807, 2.05) is 0 Å². The van der Waals surface area contributed by atoms with Gasteiger partial charge in [-0.3, -0.25) is 9.59 Å². The summed E-state index contributed by atoms with van der Waals surface area (Å²) in [5.41, 5.74) is 0. The Hall–Kier alpha value is -1.68. The van der Waals surface area contributed by atoms with E-state index in [1.165, 1.54) is 89.9 Å². The number of esters is 1. The molecule has 0 aromatic rings. The Balaban J connectivity index is -0.000000971. The maximum absolute atomic E-state index is 11.4. The average Bonchev–Trinajstić information content (AvgIpc) is 2.71. The number of aliphatic carboxylic acids is 1. The van der Waals surface area contributed by atoms with Gasteiger partial charge >= 0.3 is 12.1 Å². The first kappa shape index (κ1) is 33.9. The summed E-state index contributed by atoms with van der Waals surface area (Å²) in [5.74, 6) is -0.835. The standard InChI is InChI=1S/C22H44O2.C2H4O2.CO2/c1-3-5-7-8-9-10-11-12-13-14-15-16-17-18-19-20-22(23)24-21-6-4-2;1-2(3)4;2-1-3/h3-21H2,1-2H3;1H3,(H,3,4);. The first-order valence-electron chi connectivity index (χ1n) is 12.3. The number of hydrogen-bond donors (Lipinski definition) is 1. The highest BCUT2D eigenvalue weighted by molar-refractivity contribution is 5.69. The van der Waals surface area contributed by atoms with Crippen molar-refractivity contribution in [1.29, 1.82) is 0 Å². The monoisotopic (exact) mass is 444 g/mol. The van der Waals surface area contributed by atoms with E-state index in [0.717, 1.165) is 26.2 Å². The third-order valence-electron chi connectivity index (χ3n) is 4.75. The van der Waals surface area contributed by atoms with Crippen molar-refractivity contribution in [2.45, 2.75) is 136 Å². The SMILES string of the molecule is CC(=O)O.CCCCCCCCCCCCCCCCCC(=O)OCCCC.O=C=O. The van der Waals surface area contributed by atoms with Gasteiger partial charge in [-0.15, -0.1) is 0 Å². The predicted octanol–water partition coefficient (Wildman–Crippen LogP) is 7.10. The molecule has 0 amide bonds. The first-order chi connectivity index (χ1) is 15.0. The number of carbonyl (C=O) groups is 2. The normalized spacial score (nSPS) is 9.52. The van der Waals surface area contributed by atoms with Crippen LogP contribution < -0.4 is 0 Å². The summed E-state index contributed by atoms with van der Waals surface area (Å²) in [7, 11) is 0. The molecule has 6 heteroatoms. The van der Waals surface area contributed by atoms with Crippen LogP contribution in [-0.4, -0.2) is 29.8 Å². The Morgan fingerprint density at radius 3 is 1.26 bits per heavy atom. The van der Waals surface area contributed by atoms with Crippen molar-refractivity contribution in [3.05, 3.63) is 0 Å². The Kier molecular flexibility index (Phi) is 36.1. The molecule has 31 heavy (non-hydrogen) atoms. The molecular formula is C25H48O6. The summed E-state index contributed by atoms with van der Waals surface area (Å²) < 4.78 is 5.16. The van der Waals surface area contributed by atoms with Crippen molar-refractivity contribution in [1.82, 2.24) is 0 Å². The van der Waals surface area contributed by atoms with Gasteiger partial charge in [-0.1, -0.05) is 110 Å². The topological polar surface area (TPSA) is 97.7 Å².